The van der Waals surface area contributed by atoms with E-state index in [0.29, 0.717) is 36.0 Å². The minimum atomic E-state index is -3.51. The van der Waals surface area contributed by atoms with Gasteiger partial charge < -0.3 is 5.32 Å². The molecule has 0 aliphatic carbocycles. The summed E-state index contributed by atoms with van der Waals surface area (Å²) in [6.45, 7) is 7.40. The molecule has 9 heteroatoms. The number of carbonyl (C=O) groups is 1. The molecule has 174 valence electrons. The number of nitrogens with one attached hydrogen (secondary N) is 1. The monoisotopic (exact) mass is 478 g/mol. The van der Waals surface area contributed by atoms with Gasteiger partial charge in [-0.3, -0.25) is 9.48 Å². The summed E-state index contributed by atoms with van der Waals surface area (Å²) < 4.78 is 28.9. The first-order chi connectivity index (χ1) is 15.2. The van der Waals surface area contributed by atoms with Crippen molar-refractivity contribution in [1.82, 2.24) is 19.4 Å². The zero-order valence-corrected chi connectivity index (χ0v) is 20.4. The van der Waals surface area contributed by atoms with Gasteiger partial charge in [0, 0.05) is 37.3 Å². The molecule has 1 N–H and O–H groups in total. The number of carbonyl (C=O) groups excluding carboxylic acids is 1. The maximum Gasteiger partial charge on any atom is 0.244 e. The van der Waals surface area contributed by atoms with Gasteiger partial charge >= 0.3 is 0 Å². The van der Waals surface area contributed by atoms with Gasteiger partial charge in [-0.2, -0.15) is 9.40 Å². The van der Waals surface area contributed by atoms with Crippen LogP contribution in [0.5, 0.6) is 0 Å². The van der Waals surface area contributed by atoms with Crippen LogP contribution in [0.15, 0.2) is 35.2 Å². The number of hydrogen-bond donors (Lipinski definition) is 1. The Morgan fingerprint density at radius 3 is 2.50 bits per heavy atom. The fourth-order valence-electron chi connectivity index (χ4n) is 3.72. The maximum absolute atomic E-state index is 12.8. The summed E-state index contributed by atoms with van der Waals surface area (Å²) in [5.41, 5.74) is 2.55. The summed E-state index contributed by atoms with van der Waals surface area (Å²) >= 11 is 6.41. The van der Waals surface area contributed by atoms with Gasteiger partial charge in [-0.1, -0.05) is 42.6 Å². The van der Waals surface area contributed by atoms with Gasteiger partial charge in [0.05, 0.1) is 10.6 Å². The summed E-state index contributed by atoms with van der Waals surface area (Å²) in [6, 6.07) is 6.81. The number of aromatic nitrogens is 2. The van der Waals surface area contributed by atoms with Crippen LogP contribution in [-0.4, -0.2) is 47.5 Å². The Labute approximate surface area is 195 Å². The lowest BCUT2D eigenvalue weighted by atomic mass is 10.1. The Morgan fingerprint density at radius 2 is 1.88 bits per heavy atom. The van der Waals surface area contributed by atoms with Crippen LogP contribution in [0.3, 0.4) is 0 Å². The molecule has 0 bridgehead atoms. The number of sulfonamides is 1. The van der Waals surface area contributed by atoms with Crippen molar-refractivity contribution in [2.45, 2.75) is 63.9 Å². The molecule has 1 saturated heterocycles. The van der Waals surface area contributed by atoms with E-state index in [1.807, 2.05) is 13.8 Å². The third-order valence-electron chi connectivity index (χ3n) is 5.69. The van der Waals surface area contributed by atoms with Crippen LogP contribution in [0, 0.1) is 13.8 Å². The second-order valence-corrected chi connectivity index (χ2v) is 10.5. The van der Waals surface area contributed by atoms with Gasteiger partial charge in [0.2, 0.25) is 15.9 Å². The van der Waals surface area contributed by atoms with E-state index < -0.39 is 10.0 Å². The molecule has 0 radical (unpaired) electrons. The lowest BCUT2D eigenvalue weighted by Crippen LogP contribution is -2.46. The van der Waals surface area contributed by atoms with Crippen molar-refractivity contribution in [1.29, 1.82) is 0 Å². The number of hydrogen-bond acceptors (Lipinski definition) is 4. The van der Waals surface area contributed by atoms with Crippen LogP contribution in [0.4, 0.5) is 0 Å². The largest absolute Gasteiger partial charge is 0.350 e. The highest BCUT2D eigenvalue weighted by Crippen LogP contribution is 2.23. The highest BCUT2D eigenvalue weighted by atomic mass is 35.5. The number of aryl methyl sites for hydroxylation is 3. The lowest BCUT2D eigenvalue weighted by Gasteiger charge is -2.31. The van der Waals surface area contributed by atoms with E-state index in [-0.39, 0.29) is 11.9 Å². The molecule has 1 aliphatic heterocycles. The fraction of sp³-hybridized carbons (Fsp3) is 0.478. The normalized spacial score (nSPS) is 16.0. The Balaban J connectivity index is 1.55. The Morgan fingerprint density at radius 1 is 1.22 bits per heavy atom. The smallest absolute Gasteiger partial charge is 0.244 e. The van der Waals surface area contributed by atoms with Crippen LogP contribution in [0.25, 0.3) is 6.08 Å². The molecule has 7 nitrogen and oxygen atoms in total. The van der Waals surface area contributed by atoms with Crippen LogP contribution in [-0.2, 0) is 21.4 Å². The van der Waals surface area contributed by atoms with Gasteiger partial charge in [0.15, 0.2) is 0 Å². The van der Waals surface area contributed by atoms with E-state index in [1.54, 1.807) is 35.0 Å². The van der Waals surface area contributed by atoms with Crippen LogP contribution >= 0.6 is 11.6 Å². The highest BCUT2D eigenvalue weighted by Gasteiger charge is 2.29. The first kappa shape index (κ1) is 24.5. The third kappa shape index (κ3) is 5.79. The number of halogens is 1. The molecule has 2 aromatic rings. The summed E-state index contributed by atoms with van der Waals surface area (Å²) in [5, 5.41) is 7.95. The van der Waals surface area contributed by atoms with Crippen molar-refractivity contribution < 1.29 is 13.2 Å². The van der Waals surface area contributed by atoms with Crippen molar-refractivity contribution in [2.24, 2.45) is 0 Å². The predicted molar refractivity (Wildman–Crippen MR) is 127 cm³/mol. The zero-order chi connectivity index (χ0) is 23.3. The fourth-order valence-corrected chi connectivity index (χ4v) is 5.51. The average molecular weight is 479 g/mol. The number of unbranched alkanes of at least 4 members (excludes halogenated alkanes) is 1. The number of amides is 1. The van der Waals surface area contributed by atoms with Crippen LogP contribution in [0.1, 0.15) is 49.4 Å². The molecule has 0 spiro atoms. The molecule has 0 atom stereocenters. The maximum atomic E-state index is 12.8. The summed E-state index contributed by atoms with van der Waals surface area (Å²) in [6.07, 6.45) is 6.34. The Hall–Kier alpha value is -2.16. The molecule has 1 aromatic heterocycles. The Bertz CT molecular complexity index is 1070. The average Bonchev–Trinajstić information content (AvgIpc) is 3.04. The molecule has 0 unspecified atom stereocenters. The molecular formula is C23H31ClN4O3S. The van der Waals surface area contributed by atoms with Crippen molar-refractivity contribution in [3.8, 4) is 0 Å². The number of benzene rings is 1. The van der Waals surface area contributed by atoms with Crippen molar-refractivity contribution in [3.05, 3.63) is 52.3 Å². The second-order valence-electron chi connectivity index (χ2n) is 8.20. The minimum Gasteiger partial charge on any atom is -0.350 e. The standard InChI is InChI=1S/C23H31ClN4O3S/c1-4-5-14-28-23(24)21(18(3)26-28)10-11-22(29)25-19-12-15-27(16-13-19)32(30,31)20-8-6-17(2)7-9-20/h6-11,19H,4-5,12-16H2,1-3H3,(H,25,29). The van der Waals surface area contributed by atoms with E-state index in [1.165, 1.54) is 10.4 Å². The van der Waals surface area contributed by atoms with Gasteiger partial charge in [0.1, 0.15) is 5.15 Å². The molecule has 1 aliphatic rings. The van der Waals surface area contributed by atoms with Gasteiger partial charge in [-0.05, 0) is 51.3 Å². The molecule has 2 heterocycles. The minimum absolute atomic E-state index is 0.0690. The number of nitrogens with zero attached hydrogens (tertiary/aromatic N) is 3. The molecule has 1 aromatic carbocycles. The first-order valence-electron chi connectivity index (χ1n) is 11.0. The molecule has 32 heavy (non-hydrogen) atoms. The van der Waals surface area contributed by atoms with E-state index in [0.717, 1.165) is 36.2 Å². The summed E-state index contributed by atoms with van der Waals surface area (Å²) in [5.74, 6) is -0.221. The number of piperidine rings is 1. The van der Waals surface area contributed by atoms with Gasteiger partial charge in [-0.15, -0.1) is 0 Å². The van der Waals surface area contributed by atoms with E-state index in [4.69, 9.17) is 11.6 Å². The van der Waals surface area contributed by atoms with Crippen LogP contribution < -0.4 is 5.32 Å². The van der Waals surface area contributed by atoms with Crippen molar-refractivity contribution in [3.63, 3.8) is 0 Å². The van der Waals surface area contributed by atoms with Crippen LogP contribution in [0.2, 0.25) is 5.15 Å². The predicted octanol–water partition coefficient (Wildman–Crippen LogP) is 3.94. The first-order valence-corrected chi connectivity index (χ1v) is 12.8. The van der Waals surface area contributed by atoms with E-state index in [2.05, 4.69) is 17.3 Å². The van der Waals surface area contributed by atoms with Gasteiger partial charge in [0.25, 0.3) is 0 Å². The third-order valence-corrected chi connectivity index (χ3v) is 8.00. The molecule has 1 fully saturated rings. The SMILES string of the molecule is CCCCn1nc(C)c(C=CC(=O)NC2CCN(S(=O)(=O)c3ccc(C)cc3)CC2)c1Cl. The zero-order valence-electron chi connectivity index (χ0n) is 18.8. The number of rotatable bonds is 8. The quantitative estimate of drug-likeness (QED) is 0.582. The second kappa shape index (κ2) is 10.6. The lowest BCUT2D eigenvalue weighted by molar-refractivity contribution is -0.117. The molecule has 1 amide bonds. The van der Waals surface area contributed by atoms with Gasteiger partial charge in [-0.25, -0.2) is 8.42 Å². The van der Waals surface area contributed by atoms with E-state index >= 15 is 0 Å². The summed E-state index contributed by atoms with van der Waals surface area (Å²) in [7, 11) is -3.51. The molecule has 0 saturated carbocycles. The van der Waals surface area contributed by atoms with Crippen molar-refractivity contribution >= 4 is 33.6 Å². The highest BCUT2D eigenvalue weighted by molar-refractivity contribution is 7.89. The molecule has 3 rings (SSSR count). The molecular weight excluding hydrogens is 448 g/mol. The van der Waals surface area contributed by atoms with E-state index in [9.17, 15) is 13.2 Å². The Kier molecular flexibility index (Phi) is 8.14. The van der Waals surface area contributed by atoms with Crippen molar-refractivity contribution in [2.75, 3.05) is 13.1 Å². The topological polar surface area (TPSA) is 84.3 Å². The summed E-state index contributed by atoms with van der Waals surface area (Å²) in [4.78, 5) is 12.7.